The number of hydrogen-bond acceptors (Lipinski definition) is 6. The first kappa shape index (κ1) is 28.5. The number of aromatic nitrogens is 4. The molecule has 5 nitrogen and oxygen atoms in total. The van der Waals surface area contributed by atoms with Crippen molar-refractivity contribution in [2.45, 2.75) is 0 Å². The van der Waals surface area contributed by atoms with Gasteiger partial charge in [0.15, 0.2) is 23.1 Å². The van der Waals surface area contributed by atoms with Crippen LogP contribution in [0.15, 0.2) is 162 Å². The van der Waals surface area contributed by atoms with E-state index in [4.69, 9.17) is 24.4 Å². The van der Waals surface area contributed by atoms with Gasteiger partial charge in [-0.15, -0.1) is 11.3 Å². The predicted molar refractivity (Wildman–Crippen MR) is 205 cm³/mol. The molecule has 0 spiro atoms. The number of nitrogens with zero attached hydrogens (tertiary/aromatic N) is 4. The molecule has 0 N–H and O–H groups in total. The molecule has 0 aliphatic rings. The Bertz CT molecular complexity index is 2860. The van der Waals surface area contributed by atoms with E-state index in [0.29, 0.717) is 23.4 Å². The zero-order chi connectivity index (χ0) is 33.0. The molecule has 6 heteroatoms. The van der Waals surface area contributed by atoms with Gasteiger partial charge >= 0.3 is 0 Å². The lowest BCUT2D eigenvalue weighted by Gasteiger charge is -2.11. The summed E-state index contributed by atoms with van der Waals surface area (Å²) in [5.41, 5.74) is 7.56. The number of hydrogen-bond donors (Lipinski definition) is 0. The van der Waals surface area contributed by atoms with Gasteiger partial charge in [-0.2, -0.15) is 0 Å². The monoisotopic (exact) mass is 658 g/mol. The first-order chi connectivity index (χ1) is 24.8. The summed E-state index contributed by atoms with van der Waals surface area (Å²) >= 11 is 1.79. The van der Waals surface area contributed by atoms with Crippen molar-refractivity contribution in [2.75, 3.05) is 0 Å². The smallest absolute Gasteiger partial charge is 0.227 e. The molecule has 0 unspecified atom stereocenters. The third-order valence-electron chi connectivity index (χ3n) is 9.18. The van der Waals surface area contributed by atoms with E-state index in [1.54, 1.807) is 11.3 Å². The van der Waals surface area contributed by atoms with Gasteiger partial charge in [-0.05, 0) is 46.8 Å². The van der Waals surface area contributed by atoms with Crippen LogP contribution in [0.1, 0.15) is 0 Å². The fraction of sp³-hybridized carbons (Fsp3) is 0. The lowest BCUT2D eigenvalue weighted by molar-refractivity contribution is 0.623. The maximum absolute atomic E-state index is 6.45. The zero-order valence-corrected chi connectivity index (χ0v) is 27.4. The van der Waals surface area contributed by atoms with Crippen molar-refractivity contribution in [3.8, 4) is 56.7 Å². The van der Waals surface area contributed by atoms with Crippen molar-refractivity contribution < 1.29 is 4.42 Å². The quantitative estimate of drug-likeness (QED) is 0.184. The van der Waals surface area contributed by atoms with Crippen molar-refractivity contribution in [3.63, 3.8) is 0 Å². The highest BCUT2D eigenvalue weighted by molar-refractivity contribution is 7.25. The molecule has 50 heavy (non-hydrogen) atoms. The zero-order valence-electron chi connectivity index (χ0n) is 26.6. The molecular weight excluding hydrogens is 633 g/mol. The van der Waals surface area contributed by atoms with Crippen molar-refractivity contribution in [1.29, 1.82) is 0 Å². The summed E-state index contributed by atoms with van der Waals surface area (Å²) in [6.07, 6.45) is 0. The Balaban J connectivity index is 1.11. The average molecular weight is 659 g/mol. The second-order valence-corrected chi connectivity index (χ2v) is 13.3. The Morgan fingerprint density at radius 3 is 1.82 bits per heavy atom. The van der Waals surface area contributed by atoms with Crippen LogP contribution in [0.4, 0.5) is 0 Å². The Morgan fingerprint density at radius 1 is 0.400 bits per heavy atom. The van der Waals surface area contributed by atoms with Crippen LogP contribution in [0.5, 0.6) is 0 Å². The van der Waals surface area contributed by atoms with Gasteiger partial charge in [-0.1, -0.05) is 127 Å². The molecule has 3 aromatic heterocycles. The molecule has 0 amide bonds. The van der Waals surface area contributed by atoms with Crippen LogP contribution in [0.2, 0.25) is 0 Å². The van der Waals surface area contributed by atoms with Crippen molar-refractivity contribution >= 4 is 53.4 Å². The molecule has 0 atom stereocenters. The summed E-state index contributed by atoms with van der Waals surface area (Å²) < 4.78 is 8.90. The van der Waals surface area contributed by atoms with E-state index >= 15 is 0 Å². The first-order valence-corrected chi connectivity index (χ1v) is 17.3. The molecule has 0 aliphatic carbocycles. The van der Waals surface area contributed by atoms with E-state index in [-0.39, 0.29) is 0 Å². The molecule has 0 fully saturated rings. The molecule has 0 radical (unpaired) electrons. The maximum atomic E-state index is 6.45. The van der Waals surface area contributed by atoms with E-state index in [0.717, 1.165) is 55.3 Å². The van der Waals surface area contributed by atoms with Crippen molar-refractivity contribution in [3.05, 3.63) is 158 Å². The van der Waals surface area contributed by atoms with E-state index in [1.165, 1.54) is 20.2 Å². The normalized spacial score (nSPS) is 11.6. The average Bonchev–Trinajstić information content (AvgIpc) is 3.81. The summed E-state index contributed by atoms with van der Waals surface area (Å²) in [7, 11) is 0. The number of benzene rings is 7. The van der Waals surface area contributed by atoms with E-state index in [2.05, 4.69) is 91.0 Å². The van der Waals surface area contributed by atoms with Gasteiger partial charge in [0.05, 0.1) is 0 Å². The highest BCUT2D eigenvalue weighted by Crippen LogP contribution is 2.40. The van der Waals surface area contributed by atoms with Crippen molar-refractivity contribution in [1.82, 2.24) is 19.9 Å². The number of fused-ring (bicyclic) bond motifs is 6. The minimum Gasteiger partial charge on any atom is -0.435 e. The largest absolute Gasteiger partial charge is 0.435 e. The topological polar surface area (TPSA) is 64.7 Å². The minimum absolute atomic E-state index is 0.615. The second kappa shape index (κ2) is 11.6. The first-order valence-electron chi connectivity index (χ1n) is 16.5. The van der Waals surface area contributed by atoms with Gasteiger partial charge in [-0.3, -0.25) is 0 Å². The van der Waals surface area contributed by atoms with E-state index in [1.807, 2.05) is 66.7 Å². The molecule has 234 valence electrons. The molecular formula is C44H26N4OS. The van der Waals surface area contributed by atoms with E-state index in [9.17, 15) is 0 Å². The third kappa shape index (κ3) is 4.77. The second-order valence-electron chi connectivity index (χ2n) is 12.2. The Labute approximate surface area is 291 Å². The van der Waals surface area contributed by atoms with Gasteiger partial charge in [-0.25, -0.2) is 19.9 Å². The third-order valence-corrected chi connectivity index (χ3v) is 10.3. The lowest BCUT2D eigenvalue weighted by atomic mass is 9.96. The predicted octanol–water partition coefficient (Wildman–Crippen LogP) is 11.9. The van der Waals surface area contributed by atoms with Gasteiger partial charge in [0.2, 0.25) is 5.89 Å². The van der Waals surface area contributed by atoms with Crippen LogP contribution in [-0.4, -0.2) is 19.9 Å². The Hall–Kier alpha value is -6.50. The summed E-state index contributed by atoms with van der Waals surface area (Å²) in [6.45, 7) is 0. The molecule has 0 saturated carbocycles. The SMILES string of the molecule is c1ccc(-c2nc(-c3ccc(-c4cccc5ccc6nc(-c7ccccc7)oc6c45)cc3)nc(-c3cccc4sc5ccccc5c34)n2)cc1. The number of oxazole rings is 1. The molecule has 0 aliphatic heterocycles. The fourth-order valence-electron chi connectivity index (χ4n) is 6.80. The van der Waals surface area contributed by atoms with Gasteiger partial charge in [0.1, 0.15) is 5.52 Å². The van der Waals surface area contributed by atoms with Crippen molar-refractivity contribution in [2.24, 2.45) is 0 Å². The fourth-order valence-corrected chi connectivity index (χ4v) is 7.93. The molecule has 10 aromatic rings. The van der Waals surface area contributed by atoms with Gasteiger partial charge < -0.3 is 4.42 Å². The molecule has 3 heterocycles. The van der Waals surface area contributed by atoms with E-state index < -0.39 is 0 Å². The Kier molecular flexibility index (Phi) is 6.60. The Morgan fingerprint density at radius 2 is 1.02 bits per heavy atom. The number of thiophene rings is 1. The lowest BCUT2D eigenvalue weighted by Crippen LogP contribution is -2.00. The molecule has 0 bridgehead atoms. The van der Waals surface area contributed by atoms with Gasteiger partial charge in [0, 0.05) is 47.8 Å². The molecule has 7 aromatic carbocycles. The number of rotatable bonds is 5. The molecule has 0 saturated heterocycles. The van der Waals surface area contributed by atoms with Gasteiger partial charge in [0.25, 0.3) is 0 Å². The van der Waals surface area contributed by atoms with Crippen LogP contribution in [-0.2, 0) is 0 Å². The molecule has 10 rings (SSSR count). The van der Waals surface area contributed by atoms with Crippen LogP contribution < -0.4 is 0 Å². The summed E-state index contributed by atoms with van der Waals surface area (Å²) in [5.74, 6) is 2.54. The summed E-state index contributed by atoms with van der Waals surface area (Å²) in [4.78, 5) is 20.0. The summed E-state index contributed by atoms with van der Waals surface area (Å²) in [5, 5.41) is 4.52. The summed E-state index contributed by atoms with van der Waals surface area (Å²) in [6, 6.07) is 54.0. The van der Waals surface area contributed by atoms with Crippen LogP contribution in [0.25, 0.3) is 98.8 Å². The highest BCUT2D eigenvalue weighted by Gasteiger charge is 2.18. The maximum Gasteiger partial charge on any atom is 0.227 e. The minimum atomic E-state index is 0.615. The van der Waals surface area contributed by atoms with Crippen LogP contribution in [0, 0.1) is 0 Å². The van der Waals surface area contributed by atoms with Crippen LogP contribution >= 0.6 is 11.3 Å². The standard InChI is InChI=1S/C44H26N4OS/c1-3-11-29(12-4-1)41-46-42(48-43(47-41)34-18-10-20-37-39(34)33-16-7-8-19-36(33)50-37)30-23-21-27(22-24-30)32-17-9-15-28-25-26-35-40(38(28)32)49-44(45-35)31-13-5-2-6-14-31/h1-26H. The van der Waals surface area contributed by atoms with Crippen LogP contribution in [0.3, 0.4) is 0 Å². The highest BCUT2D eigenvalue weighted by atomic mass is 32.1.